The Morgan fingerprint density at radius 2 is 2.08 bits per heavy atom. The van der Waals surface area contributed by atoms with Crippen molar-refractivity contribution in [2.75, 3.05) is 0 Å². The van der Waals surface area contributed by atoms with E-state index in [0.29, 0.717) is 0 Å². The van der Waals surface area contributed by atoms with E-state index in [1.807, 2.05) is 26.0 Å². The summed E-state index contributed by atoms with van der Waals surface area (Å²) in [6.07, 6.45) is 2.96. The molecule has 0 N–H and O–H groups in total. The summed E-state index contributed by atoms with van der Waals surface area (Å²) in [5, 5.41) is 0. The molecule has 0 heterocycles. The maximum atomic E-state index is 12.9. The Balaban J connectivity index is 3.16. The van der Waals surface area contributed by atoms with Crippen molar-refractivity contribution in [1.82, 2.24) is 0 Å². The average Bonchev–Trinajstić information content (AvgIpc) is 2.03. The van der Waals surface area contributed by atoms with Gasteiger partial charge in [0.1, 0.15) is 5.82 Å². The van der Waals surface area contributed by atoms with E-state index in [1.165, 1.54) is 17.2 Å². The molecular formula is C12H15F. The fourth-order valence-corrected chi connectivity index (χ4v) is 1.33. The van der Waals surface area contributed by atoms with Crippen LogP contribution in [-0.2, 0) is 6.42 Å². The van der Waals surface area contributed by atoms with Crippen LogP contribution < -0.4 is 0 Å². The Hall–Kier alpha value is -1.11. The molecule has 0 unspecified atom stereocenters. The third-order valence-corrected chi connectivity index (χ3v) is 1.93. The number of rotatable bonds is 2. The lowest BCUT2D eigenvalue weighted by atomic mass is 10.0. The Morgan fingerprint density at radius 1 is 1.38 bits per heavy atom. The predicted octanol–water partition coefficient (Wildman–Crippen LogP) is 3.81. The zero-order valence-electron chi connectivity index (χ0n) is 8.39. The van der Waals surface area contributed by atoms with E-state index in [1.54, 1.807) is 6.07 Å². The molecule has 0 bridgehead atoms. The van der Waals surface area contributed by atoms with Crippen molar-refractivity contribution in [1.29, 1.82) is 0 Å². The Bertz CT molecular complexity index is 320. The molecule has 0 aliphatic heterocycles. The van der Waals surface area contributed by atoms with E-state index in [2.05, 4.69) is 6.92 Å². The topological polar surface area (TPSA) is 0 Å². The molecule has 0 radical (unpaired) electrons. The first-order chi connectivity index (χ1) is 6.13. The smallest absolute Gasteiger partial charge is 0.123 e. The summed E-state index contributed by atoms with van der Waals surface area (Å²) in [5.74, 6) is -0.162. The zero-order valence-corrected chi connectivity index (χ0v) is 8.39. The number of hydrogen-bond acceptors (Lipinski definition) is 0. The lowest BCUT2D eigenvalue weighted by molar-refractivity contribution is 0.626. The molecule has 70 valence electrons. The van der Waals surface area contributed by atoms with Crippen LogP contribution >= 0.6 is 0 Å². The highest BCUT2D eigenvalue weighted by Crippen LogP contribution is 2.15. The van der Waals surface area contributed by atoms with Gasteiger partial charge in [0, 0.05) is 0 Å². The van der Waals surface area contributed by atoms with Gasteiger partial charge >= 0.3 is 0 Å². The number of halogens is 1. The summed E-state index contributed by atoms with van der Waals surface area (Å²) in [6, 6.07) is 4.96. The van der Waals surface area contributed by atoms with E-state index in [0.717, 1.165) is 12.0 Å². The van der Waals surface area contributed by atoms with Crippen molar-refractivity contribution in [3.05, 3.63) is 40.7 Å². The van der Waals surface area contributed by atoms with Crippen LogP contribution in [-0.4, -0.2) is 0 Å². The Kier molecular flexibility index (Phi) is 3.24. The van der Waals surface area contributed by atoms with Gasteiger partial charge in [0.05, 0.1) is 0 Å². The molecule has 1 aromatic rings. The summed E-state index contributed by atoms with van der Waals surface area (Å²) in [7, 11) is 0. The lowest BCUT2D eigenvalue weighted by Crippen LogP contribution is -1.88. The molecule has 0 nitrogen and oxygen atoms in total. The summed E-state index contributed by atoms with van der Waals surface area (Å²) in [5.41, 5.74) is 3.39. The normalized spacial score (nSPS) is 9.85. The molecule has 1 rings (SSSR count). The van der Waals surface area contributed by atoms with Gasteiger partial charge in [0.2, 0.25) is 0 Å². The van der Waals surface area contributed by atoms with Crippen molar-refractivity contribution in [3.63, 3.8) is 0 Å². The van der Waals surface area contributed by atoms with Gasteiger partial charge in [-0.3, -0.25) is 0 Å². The van der Waals surface area contributed by atoms with Crippen molar-refractivity contribution < 1.29 is 4.39 Å². The first kappa shape index (κ1) is 9.97. The molecule has 1 heteroatoms. The van der Waals surface area contributed by atoms with Crippen LogP contribution in [0.15, 0.2) is 23.8 Å². The van der Waals surface area contributed by atoms with Crippen LogP contribution in [0.4, 0.5) is 4.39 Å². The van der Waals surface area contributed by atoms with E-state index in [-0.39, 0.29) is 5.82 Å². The predicted molar refractivity (Wildman–Crippen MR) is 55.1 cm³/mol. The average molecular weight is 178 g/mol. The monoisotopic (exact) mass is 178 g/mol. The second kappa shape index (κ2) is 4.22. The second-order valence-electron chi connectivity index (χ2n) is 3.42. The quantitative estimate of drug-likeness (QED) is 0.646. The Labute approximate surface area is 79.1 Å². The molecular weight excluding hydrogens is 163 g/mol. The molecule has 0 aliphatic carbocycles. The van der Waals surface area contributed by atoms with Gasteiger partial charge < -0.3 is 0 Å². The molecule has 0 spiro atoms. The minimum absolute atomic E-state index is 0.162. The summed E-state index contributed by atoms with van der Waals surface area (Å²) < 4.78 is 12.9. The van der Waals surface area contributed by atoms with Crippen LogP contribution in [0.1, 0.15) is 31.9 Å². The highest BCUT2D eigenvalue weighted by molar-refractivity contribution is 5.56. The Morgan fingerprint density at radius 3 is 2.62 bits per heavy atom. The van der Waals surface area contributed by atoms with Gasteiger partial charge in [0.25, 0.3) is 0 Å². The van der Waals surface area contributed by atoms with E-state index in [9.17, 15) is 4.39 Å². The number of allylic oxidation sites excluding steroid dienone is 1. The maximum absolute atomic E-state index is 12.9. The first-order valence-electron chi connectivity index (χ1n) is 4.57. The highest BCUT2D eigenvalue weighted by Gasteiger charge is 1.99. The number of aryl methyl sites for hydroxylation is 1. The molecule has 0 aromatic heterocycles. The molecule has 1 aromatic carbocycles. The third-order valence-electron chi connectivity index (χ3n) is 1.93. The van der Waals surface area contributed by atoms with Gasteiger partial charge in [-0.1, -0.05) is 24.6 Å². The van der Waals surface area contributed by atoms with Gasteiger partial charge in [-0.15, -0.1) is 0 Å². The lowest BCUT2D eigenvalue weighted by Gasteiger charge is -2.03. The molecule has 0 atom stereocenters. The standard InChI is InChI=1S/C12H15F/c1-4-10-5-6-12(13)8-11(10)7-9(2)3/h5-8H,4H2,1-3H3. The van der Waals surface area contributed by atoms with Crippen LogP contribution in [0, 0.1) is 5.82 Å². The fraction of sp³-hybridized carbons (Fsp3) is 0.333. The van der Waals surface area contributed by atoms with E-state index in [4.69, 9.17) is 0 Å². The molecule has 0 saturated carbocycles. The van der Waals surface area contributed by atoms with Crippen LogP contribution in [0.3, 0.4) is 0 Å². The summed E-state index contributed by atoms with van der Waals surface area (Å²) in [4.78, 5) is 0. The van der Waals surface area contributed by atoms with Gasteiger partial charge in [-0.2, -0.15) is 0 Å². The molecule has 13 heavy (non-hydrogen) atoms. The molecule has 0 fully saturated rings. The van der Waals surface area contributed by atoms with Gasteiger partial charge in [-0.25, -0.2) is 4.39 Å². The van der Waals surface area contributed by atoms with E-state index >= 15 is 0 Å². The zero-order chi connectivity index (χ0) is 9.84. The summed E-state index contributed by atoms with van der Waals surface area (Å²) in [6.45, 7) is 6.12. The van der Waals surface area contributed by atoms with Gasteiger partial charge in [0.15, 0.2) is 0 Å². The first-order valence-corrected chi connectivity index (χ1v) is 4.57. The summed E-state index contributed by atoms with van der Waals surface area (Å²) >= 11 is 0. The van der Waals surface area contributed by atoms with Crippen LogP contribution in [0.25, 0.3) is 6.08 Å². The molecule has 0 saturated heterocycles. The highest BCUT2D eigenvalue weighted by atomic mass is 19.1. The largest absolute Gasteiger partial charge is 0.207 e. The maximum Gasteiger partial charge on any atom is 0.123 e. The molecule has 0 amide bonds. The van der Waals surface area contributed by atoms with Crippen LogP contribution in [0.5, 0.6) is 0 Å². The van der Waals surface area contributed by atoms with E-state index < -0.39 is 0 Å². The van der Waals surface area contributed by atoms with Crippen molar-refractivity contribution in [2.24, 2.45) is 0 Å². The minimum atomic E-state index is -0.162. The second-order valence-corrected chi connectivity index (χ2v) is 3.42. The number of hydrogen-bond donors (Lipinski definition) is 0. The van der Waals surface area contributed by atoms with Gasteiger partial charge in [-0.05, 0) is 43.5 Å². The van der Waals surface area contributed by atoms with Crippen molar-refractivity contribution >= 4 is 6.08 Å². The van der Waals surface area contributed by atoms with Crippen molar-refractivity contribution in [2.45, 2.75) is 27.2 Å². The van der Waals surface area contributed by atoms with Crippen molar-refractivity contribution in [3.8, 4) is 0 Å². The SMILES string of the molecule is CCc1ccc(F)cc1C=C(C)C. The van der Waals surface area contributed by atoms with Crippen LogP contribution in [0.2, 0.25) is 0 Å². The molecule has 0 aliphatic rings. The number of benzene rings is 1. The fourth-order valence-electron chi connectivity index (χ4n) is 1.33. The third kappa shape index (κ3) is 2.69. The minimum Gasteiger partial charge on any atom is -0.207 e.